The van der Waals surface area contributed by atoms with Gasteiger partial charge in [0.1, 0.15) is 5.38 Å². The molecule has 1 heterocycles. The number of rotatable bonds is 4. The van der Waals surface area contributed by atoms with E-state index in [1.807, 2.05) is 35.7 Å². The first-order chi connectivity index (χ1) is 9.08. The molecule has 1 unspecified atom stereocenters. The molecule has 1 amide bonds. The van der Waals surface area contributed by atoms with E-state index >= 15 is 0 Å². The fraction of sp³-hybridized carbons (Fsp3) is 0.286. The van der Waals surface area contributed by atoms with Crippen LogP contribution in [0.25, 0.3) is 0 Å². The monoisotopic (exact) mass is 294 g/mol. The molecule has 1 aromatic heterocycles. The third-order valence-corrected chi connectivity index (χ3v) is 3.89. The summed E-state index contributed by atoms with van der Waals surface area (Å²) >= 11 is 7.56. The lowest BCUT2D eigenvalue weighted by molar-refractivity contribution is -0.116. The number of nitrogens with zero attached hydrogens (tertiary/aromatic N) is 1. The maximum atomic E-state index is 12.0. The summed E-state index contributed by atoms with van der Waals surface area (Å²) in [5, 5.41) is 4.59. The summed E-state index contributed by atoms with van der Waals surface area (Å²) in [4.78, 5) is 16.4. The molecule has 0 radical (unpaired) electrons. The largest absolute Gasteiger partial charge is 0.300 e. The number of hydrogen-bond acceptors (Lipinski definition) is 3. The number of benzene rings is 1. The number of alkyl halides is 1. The predicted octanol–water partition coefficient (Wildman–Crippen LogP) is 4.19. The van der Waals surface area contributed by atoms with Crippen LogP contribution in [0.5, 0.6) is 0 Å². The van der Waals surface area contributed by atoms with Crippen molar-refractivity contribution in [1.82, 2.24) is 4.98 Å². The van der Waals surface area contributed by atoms with Crippen LogP contribution in [0, 0.1) is 0 Å². The van der Waals surface area contributed by atoms with Crippen molar-refractivity contribution < 1.29 is 4.79 Å². The van der Waals surface area contributed by atoms with Crippen LogP contribution in [0.4, 0.5) is 5.13 Å². The van der Waals surface area contributed by atoms with E-state index in [2.05, 4.69) is 24.1 Å². The van der Waals surface area contributed by atoms with Gasteiger partial charge in [0.2, 0.25) is 5.91 Å². The minimum atomic E-state index is -0.701. The number of carbonyl (C=O) groups is 1. The number of nitrogens with one attached hydrogen (secondary N) is 1. The highest BCUT2D eigenvalue weighted by Crippen LogP contribution is 2.25. The molecule has 0 aliphatic carbocycles. The van der Waals surface area contributed by atoms with E-state index in [9.17, 15) is 4.79 Å². The lowest BCUT2D eigenvalue weighted by Gasteiger charge is -2.08. The number of aromatic nitrogens is 1. The smallest absolute Gasteiger partial charge is 0.248 e. The average molecular weight is 295 g/mol. The molecular weight excluding hydrogens is 280 g/mol. The zero-order valence-electron chi connectivity index (χ0n) is 10.8. The first-order valence-electron chi connectivity index (χ1n) is 6.03. The van der Waals surface area contributed by atoms with Crippen molar-refractivity contribution in [2.24, 2.45) is 0 Å². The molecule has 0 fully saturated rings. The van der Waals surface area contributed by atoms with Crippen molar-refractivity contribution in [3.63, 3.8) is 0 Å². The highest BCUT2D eigenvalue weighted by atomic mass is 35.5. The van der Waals surface area contributed by atoms with Crippen molar-refractivity contribution >= 4 is 34.0 Å². The maximum Gasteiger partial charge on any atom is 0.248 e. The Morgan fingerprint density at radius 2 is 2.00 bits per heavy atom. The van der Waals surface area contributed by atoms with Crippen LogP contribution >= 0.6 is 22.9 Å². The molecule has 1 N–H and O–H groups in total. The van der Waals surface area contributed by atoms with Crippen molar-refractivity contribution in [2.75, 3.05) is 5.32 Å². The molecule has 2 aromatic rings. The lowest BCUT2D eigenvalue weighted by Crippen LogP contribution is -2.17. The van der Waals surface area contributed by atoms with E-state index in [4.69, 9.17) is 11.6 Å². The summed E-state index contributed by atoms with van der Waals surface area (Å²) in [6.07, 6.45) is 0. The summed E-state index contributed by atoms with van der Waals surface area (Å²) in [7, 11) is 0. The SMILES string of the molecule is CC(C)c1csc(NC(=O)C(Cl)c2ccccc2)n1. The van der Waals surface area contributed by atoms with Gasteiger partial charge in [0.15, 0.2) is 5.13 Å². The number of hydrogen-bond donors (Lipinski definition) is 1. The first kappa shape index (κ1) is 14.0. The Hall–Kier alpha value is -1.39. The van der Waals surface area contributed by atoms with Crippen LogP contribution in [0.1, 0.15) is 36.4 Å². The van der Waals surface area contributed by atoms with Crippen molar-refractivity contribution in [1.29, 1.82) is 0 Å². The molecule has 19 heavy (non-hydrogen) atoms. The summed E-state index contributed by atoms with van der Waals surface area (Å²) in [5.74, 6) is 0.0975. The van der Waals surface area contributed by atoms with Crippen LogP contribution in [-0.2, 0) is 4.79 Å². The first-order valence-corrected chi connectivity index (χ1v) is 7.35. The lowest BCUT2D eigenvalue weighted by atomic mass is 10.1. The van der Waals surface area contributed by atoms with Crippen LogP contribution in [0.2, 0.25) is 0 Å². The van der Waals surface area contributed by atoms with Crippen LogP contribution in [0.15, 0.2) is 35.7 Å². The second-order valence-corrected chi connectivity index (χ2v) is 5.79. The molecule has 0 spiro atoms. The molecule has 0 saturated carbocycles. The standard InChI is InChI=1S/C14H15ClN2OS/c1-9(2)11-8-19-14(16-11)17-13(18)12(15)10-6-4-3-5-7-10/h3-9,12H,1-2H3,(H,16,17,18). The molecule has 3 nitrogen and oxygen atoms in total. The van der Waals surface area contributed by atoms with Gasteiger partial charge in [-0.05, 0) is 11.5 Å². The highest BCUT2D eigenvalue weighted by Gasteiger charge is 2.18. The molecule has 1 atom stereocenters. The average Bonchev–Trinajstić information content (AvgIpc) is 2.87. The van der Waals surface area contributed by atoms with Gasteiger partial charge in [-0.2, -0.15) is 0 Å². The van der Waals surface area contributed by atoms with E-state index in [0.29, 0.717) is 11.0 Å². The summed E-state index contributed by atoms with van der Waals surface area (Å²) in [6.45, 7) is 4.13. The molecular formula is C14H15ClN2OS. The fourth-order valence-corrected chi connectivity index (χ4v) is 2.63. The highest BCUT2D eigenvalue weighted by molar-refractivity contribution is 7.14. The van der Waals surface area contributed by atoms with Gasteiger partial charge in [0.25, 0.3) is 0 Å². The van der Waals surface area contributed by atoms with E-state index in [0.717, 1.165) is 11.3 Å². The van der Waals surface area contributed by atoms with Crippen LogP contribution in [-0.4, -0.2) is 10.9 Å². The molecule has 1 aromatic carbocycles. The maximum absolute atomic E-state index is 12.0. The van der Waals surface area contributed by atoms with Crippen molar-refractivity contribution in [3.8, 4) is 0 Å². The zero-order valence-corrected chi connectivity index (χ0v) is 12.3. The zero-order chi connectivity index (χ0) is 13.8. The molecule has 0 saturated heterocycles. The number of thiazole rings is 1. The number of halogens is 1. The number of amides is 1. The quantitative estimate of drug-likeness (QED) is 0.859. The van der Waals surface area contributed by atoms with Crippen LogP contribution < -0.4 is 5.32 Å². The molecule has 0 aliphatic rings. The van der Waals surface area contributed by atoms with Gasteiger partial charge in [-0.3, -0.25) is 4.79 Å². The fourth-order valence-electron chi connectivity index (χ4n) is 1.55. The van der Waals surface area contributed by atoms with Gasteiger partial charge in [-0.1, -0.05) is 44.2 Å². The van der Waals surface area contributed by atoms with Gasteiger partial charge >= 0.3 is 0 Å². The van der Waals surface area contributed by atoms with Crippen molar-refractivity contribution in [3.05, 3.63) is 47.0 Å². The van der Waals surface area contributed by atoms with Gasteiger partial charge in [0.05, 0.1) is 5.69 Å². The Bertz CT molecular complexity index is 554. The second kappa shape index (κ2) is 6.17. The Kier molecular flexibility index (Phi) is 4.56. The van der Waals surface area contributed by atoms with Crippen LogP contribution in [0.3, 0.4) is 0 Å². The Labute approximate surface area is 121 Å². The summed E-state index contributed by atoms with van der Waals surface area (Å²) in [5.41, 5.74) is 1.76. The van der Waals surface area contributed by atoms with E-state index in [-0.39, 0.29) is 5.91 Å². The molecule has 0 bridgehead atoms. The third-order valence-electron chi connectivity index (χ3n) is 2.67. The minimum absolute atomic E-state index is 0.252. The molecule has 5 heteroatoms. The Morgan fingerprint density at radius 1 is 1.32 bits per heavy atom. The van der Waals surface area contributed by atoms with E-state index in [1.165, 1.54) is 11.3 Å². The summed E-state index contributed by atoms with van der Waals surface area (Å²) < 4.78 is 0. The normalized spacial score (nSPS) is 12.4. The van der Waals surface area contributed by atoms with Gasteiger partial charge in [0, 0.05) is 5.38 Å². The third kappa shape index (κ3) is 3.55. The Balaban J connectivity index is 2.04. The second-order valence-electron chi connectivity index (χ2n) is 4.49. The Morgan fingerprint density at radius 3 is 2.58 bits per heavy atom. The topological polar surface area (TPSA) is 42.0 Å². The number of anilines is 1. The van der Waals surface area contributed by atoms with E-state index in [1.54, 1.807) is 0 Å². The molecule has 0 aliphatic heterocycles. The van der Waals surface area contributed by atoms with Gasteiger partial charge in [-0.15, -0.1) is 22.9 Å². The summed E-state index contributed by atoms with van der Waals surface area (Å²) in [6, 6.07) is 9.27. The number of carbonyl (C=O) groups excluding carboxylic acids is 1. The van der Waals surface area contributed by atoms with E-state index < -0.39 is 5.38 Å². The predicted molar refractivity (Wildman–Crippen MR) is 79.9 cm³/mol. The van der Waals surface area contributed by atoms with Gasteiger partial charge < -0.3 is 5.32 Å². The molecule has 100 valence electrons. The minimum Gasteiger partial charge on any atom is -0.300 e. The van der Waals surface area contributed by atoms with Gasteiger partial charge in [-0.25, -0.2) is 4.98 Å². The molecule has 2 rings (SSSR count). The van der Waals surface area contributed by atoms with Crippen molar-refractivity contribution in [2.45, 2.75) is 25.1 Å².